The van der Waals surface area contributed by atoms with Gasteiger partial charge in [-0.3, -0.25) is 4.90 Å². The fourth-order valence-electron chi connectivity index (χ4n) is 1.74. The SMILES string of the molecule is CN(CCNc1cccc(Cl)c1)Cc1ccco1. The highest BCUT2D eigenvalue weighted by Crippen LogP contribution is 2.14. The highest BCUT2D eigenvalue weighted by Gasteiger charge is 2.02. The summed E-state index contributed by atoms with van der Waals surface area (Å²) in [6.07, 6.45) is 1.70. The molecule has 0 bridgehead atoms. The summed E-state index contributed by atoms with van der Waals surface area (Å²) in [7, 11) is 2.07. The Morgan fingerprint density at radius 3 is 2.89 bits per heavy atom. The molecule has 0 saturated carbocycles. The minimum atomic E-state index is 0.754. The molecule has 2 aromatic rings. The molecule has 0 atom stereocenters. The van der Waals surface area contributed by atoms with E-state index in [1.807, 2.05) is 36.4 Å². The van der Waals surface area contributed by atoms with Crippen LogP contribution in [-0.4, -0.2) is 25.0 Å². The Morgan fingerprint density at radius 1 is 1.28 bits per heavy atom. The Kier molecular flexibility index (Phi) is 4.67. The summed E-state index contributed by atoms with van der Waals surface area (Å²) < 4.78 is 5.30. The van der Waals surface area contributed by atoms with Crippen molar-refractivity contribution >= 4 is 17.3 Å². The van der Waals surface area contributed by atoms with Crippen LogP contribution in [0.1, 0.15) is 5.76 Å². The molecule has 0 spiro atoms. The van der Waals surface area contributed by atoms with E-state index in [-0.39, 0.29) is 0 Å². The number of likely N-dealkylation sites (N-methyl/N-ethyl adjacent to an activating group) is 1. The van der Waals surface area contributed by atoms with Gasteiger partial charge in [-0.15, -0.1) is 0 Å². The maximum absolute atomic E-state index is 5.92. The molecule has 0 unspecified atom stereocenters. The zero-order chi connectivity index (χ0) is 12.8. The van der Waals surface area contributed by atoms with E-state index in [0.717, 1.165) is 36.1 Å². The number of hydrogen-bond acceptors (Lipinski definition) is 3. The quantitative estimate of drug-likeness (QED) is 0.866. The normalized spacial score (nSPS) is 10.8. The van der Waals surface area contributed by atoms with Crippen LogP contribution >= 0.6 is 11.6 Å². The first kappa shape index (κ1) is 13.0. The molecule has 1 heterocycles. The number of rotatable bonds is 6. The van der Waals surface area contributed by atoms with Gasteiger partial charge in [0.1, 0.15) is 5.76 Å². The minimum absolute atomic E-state index is 0.754. The number of halogens is 1. The summed E-state index contributed by atoms with van der Waals surface area (Å²) in [5, 5.41) is 4.09. The van der Waals surface area contributed by atoms with Crippen LogP contribution in [0, 0.1) is 0 Å². The van der Waals surface area contributed by atoms with Gasteiger partial charge in [0.05, 0.1) is 12.8 Å². The first-order valence-corrected chi connectivity index (χ1v) is 6.32. The van der Waals surface area contributed by atoms with Gasteiger partial charge in [0, 0.05) is 23.8 Å². The zero-order valence-corrected chi connectivity index (χ0v) is 11.2. The molecule has 3 nitrogen and oxygen atoms in total. The predicted octanol–water partition coefficient (Wildman–Crippen LogP) is 3.48. The first-order chi connectivity index (χ1) is 8.74. The lowest BCUT2D eigenvalue weighted by atomic mass is 10.3. The predicted molar refractivity (Wildman–Crippen MR) is 75.0 cm³/mol. The smallest absolute Gasteiger partial charge is 0.117 e. The van der Waals surface area contributed by atoms with Crippen molar-refractivity contribution in [1.29, 1.82) is 0 Å². The number of nitrogens with zero attached hydrogens (tertiary/aromatic N) is 1. The minimum Gasteiger partial charge on any atom is -0.468 e. The third-order valence-corrected chi connectivity index (χ3v) is 2.89. The largest absolute Gasteiger partial charge is 0.468 e. The summed E-state index contributed by atoms with van der Waals surface area (Å²) in [6.45, 7) is 2.63. The van der Waals surface area contributed by atoms with Gasteiger partial charge in [0.15, 0.2) is 0 Å². The van der Waals surface area contributed by atoms with Crippen molar-refractivity contribution in [2.75, 3.05) is 25.5 Å². The molecule has 2 rings (SSSR count). The van der Waals surface area contributed by atoms with Crippen molar-refractivity contribution in [2.45, 2.75) is 6.54 Å². The van der Waals surface area contributed by atoms with Crippen LogP contribution in [-0.2, 0) is 6.54 Å². The van der Waals surface area contributed by atoms with Gasteiger partial charge in [-0.2, -0.15) is 0 Å². The van der Waals surface area contributed by atoms with E-state index in [9.17, 15) is 0 Å². The molecule has 1 aromatic heterocycles. The Morgan fingerprint density at radius 2 is 2.17 bits per heavy atom. The Bertz CT molecular complexity index is 470. The van der Waals surface area contributed by atoms with Crippen LogP contribution < -0.4 is 5.32 Å². The summed E-state index contributed by atoms with van der Waals surface area (Å²) in [4.78, 5) is 2.20. The maximum Gasteiger partial charge on any atom is 0.117 e. The van der Waals surface area contributed by atoms with Crippen LogP contribution in [0.15, 0.2) is 47.1 Å². The number of furan rings is 1. The van der Waals surface area contributed by atoms with Gasteiger partial charge in [0.2, 0.25) is 0 Å². The molecule has 1 aromatic carbocycles. The number of nitrogens with one attached hydrogen (secondary N) is 1. The molecule has 96 valence electrons. The lowest BCUT2D eigenvalue weighted by Crippen LogP contribution is -2.24. The van der Waals surface area contributed by atoms with Crippen LogP contribution in [0.25, 0.3) is 0 Å². The van der Waals surface area contributed by atoms with Gasteiger partial charge in [0.25, 0.3) is 0 Å². The molecular weight excluding hydrogens is 248 g/mol. The lowest BCUT2D eigenvalue weighted by molar-refractivity contribution is 0.305. The third kappa shape index (κ3) is 4.09. The number of anilines is 1. The molecule has 0 amide bonds. The molecule has 18 heavy (non-hydrogen) atoms. The fourth-order valence-corrected chi connectivity index (χ4v) is 1.93. The zero-order valence-electron chi connectivity index (χ0n) is 10.4. The van der Waals surface area contributed by atoms with Crippen LogP contribution in [0.5, 0.6) is 0 Å². The van der Waals surface area contributed by atoms with Crippen LogP contribution in [0.4, 0.5) is 5.69 Å². The van der Waals surface area contributed by atoms with Gasteiger partial charge >= 0.3 is 0 Å². The van der Waals surface area contributed by atoms with Crippen molar-refractivity contribution < 1.29 is 4.42 Å². The summed E-state index contributed by atoms with van der Waals surface area (Å²) in [5.41, 5.74) is 1.05. The van der Waals surface area contributed by atoms with Gasteiger partial charge < -0.3 is 9.73 Å². The fraction of sp³-hybridized carbons (Fsp3) is 0.286. The molecule has 0 aliphatic heterocycles. The standard InChI is InChI=1S/C14H17ClN2O/c1-17(11-14-6-3-9-18-14)8-7-16-13-5-2-4-12(15)10-13/h2-6,9-10,16H,7-8,11H2,1H3. The van der Waals surface area contributed by atoms with E-state index in [0.29, 0.717) is 0 Å². The summed E-state index contributed by atoms with van der Waals surface area (Å²) in [5.74, 6) is 0.986. The van der Waals surface area contributed by atoms with Crippen molar-refractivity contribution in [3.05, 3.63) is 53.4 Å². The molecule has 0 aliphatic carbocycles. The summed E-state index contributed by atoms with van der Waals surface area (Å²) >= 11 is 5.92. The second-order valence-corrected chi connectivity index (χ2v) is 4.69. The van der Waals surface area contributed by atoms with E-state index < -0.39 is 0 Å². The lowest BCUT2D eigenvalue weighted by Gasteiger charge is -2.16. The number of hydrogen-bond donors (Lipinski definition) is 1. The maximum atomic E-state index is 5.92. The van der Waals surface area contributed by atoms with Crippen molar-refractivity contribution in [2.24, 2.45) is 0 Å². The molecule has 0 aliphatic rings. The number of benzene rings is 1. The van der Waals surface area contributed by atoms with E-state index in [1.54, 1.807) is 6.26 Å². The molecule has 0 fully saturated rings. The molecule has 0 radical (unpaired) electrons. The third-order valence-electron chi connectivity index (χ3n) is 2.65. The monoisotopic (exact) mass is 264 g/mol. The Balaban J connectivity index is 1.72. The Labute approximate surface area is 112 Å². The van der Waals surface area contributed by atoms with Crippen molar-refractivity contribution in [1.82, 2.24) is 4.90 Å². The first-order valence-electron chi connectivity index (χ1n) is 5.94. The van der Waals surface area contributed by atoms with Gasteiger partial charge in [-0.05, 0) is 37.4 Å². The van der Waals surface area contributed by atoms with Crippen molar-refractivity contribution in [3.63, 3.8) is 0 Å². The van der Waals surface area contributed by atoms with Crippen LogP contribution in [0.3, 0.4) is 0 Å². The topological polar surface area (TPSA) is 28.4 Å². The Hall–Kier alpha value is -1.45. The second-order valence-electron chi connectivity index (χ2n) is 4.25. The average molecular weight is 265 g/mol. The molecular formula is C14H17ClN2O. The molecule has 4 heteroatoms. The summed E-state index contributed by atoms with van der Waals surface area (Å²) in [6, 6.07) is 11.6. The highest BCUT2D eigenvalue weighted by atomic mass is 35.5. The molecule has 0 saturated heterocycles. The second kappa shape index (κ2) is 6.47. The molecule has 1 N–H and O–H groups in total. The highest BCUT2D eigenvalue weighted by molar-refractivity contribution is 6.30. The average Bonchev–Trinajstić information content (AvgIpc) is 2.82. The van der Waals surface area contributed by atoms with Crippen molar-refractivity contribution in [3.8, 4) is 0 Å². The van der Waals surface area contributed by atoms with E-state index in [4.69, 9.17) is 16.0 Å². The van der Waals surface area contributed by atoms with Gasteiger partial charge in [-0.25, -0.2) is 0 Å². The van der Waals surface area contributed by atoms with Gasteiger partial charge in [-0.1, -0.05) is 17.7 Å². The van der Waals surface area contributed by atoms with Crippen LogP contribution in [0.2, 0.25) is 5.02 Å². The van der Waals surface area contributed by atoms with E-state index >= 15 is 0 Å². The van der Waals surface area contributed by atoms with E-state index in [2.05, 4.69) is 17.3 Å². The van der Waals surface area contributed by atoms with E-state index in [1.165, 1.54) is 0 Å².